The highest BCUT2D eigenvalue weighted by Crippen LogP contribution is 2.33. The highest BCUT2D eigenvalue weighted by atomic mass is 19.3. The van der Waals surface area contributed by atoms with Gasteiger partial charge in [-0.15, -0.1) is 0 Å². The van der Waals surface area contributed by atoms with Crippen molar-refractivity contribution in [3.8, 4) is 11.5 Å². The Balaban J connectivity index is 2.12. The van der Waals surface area contributed by atoms with E-state index in [4.69, 9.17) is 4.74 Å². The van der Waals surface area contributed by atoms with Gasteiger partial charge in [0.15, 0.2) is 11.5 Å². The van der Waals surface area contributed by atoms with E-state index in [1.165, 1.54) is 31.4 Å². The first-order valence-corrected chi connectivity index (χ1v) is 8.09. The summed E-state index contributed by atoms with van der Waals surface area (Å²) < 4.78 is 34.7. The number of aromatic amines is 1. The number of methoxy groups -OCH3 is 1. The number of alkyl halides is 2. The van der Waals surface area contributed by atoms with E-state index in [1.807, 2.05) is 6.07 Å². The molecule has 0 aliphatic heterocycles. The third-order valence-electron chi connectivity index (χ3n) is 3.78. The minimum atomic E-state index is -3.03. The Labute approximate surface area is 154 Å². The molecule has 2 rings (SSSR count). The molecular formula is C19H20F2N2O4. The predicted octanol–water partition coefficient (Wildman–Crippen LogP) is 2.93. The summed E-state index contributed by atoms with van der Waals surface area (Å²) in [5.74, 6) is -0.523. The van der Waals surface area contributed by atoms with E-state index in [0.717, 1.165) is 11.3 Å². The van der Waals surface area contributed by atoms with Gasteiger partial charge in [-0.3, -0.25) is 9.59 Å². The summed E-state index contributed by atoms with van der Waals surface area (Å²) in [4.78, 5) is 26.7. The molecule has 0 aliphatic carbocycles. The van der Waals surface area contributed by atoms with Crippen LogP contribution < -0.4 is 20.3 Å². The Bertz CT molecular complexity index is 907. The van der Waals surface area contributed by atoms with Gasteiger partial charge in [0.05, 0.1) is 7.11 Å². The maximum Gasteiger partial charge on any atom is 0.387 e. The van der Waals surface area contributed by atoms with E-state index in [0.29, 0.717) is 5.56 Å². The third-order valence-corrected chi connectivity index (χ3v) is 3.78. The molecule has 0 aliphatic rings. The van der Waals surface area contributed by atoms with Gasteiger partial charge in [0, 0.05) is 29.4 Å². The van der Waals surface area contributed by atoms with Gasteiger partial charge in [-0.2, -0.15) is 8.78 Å². The van der Waals surface area contributed by atoms with Crippen LogP contribution in [-0.2, 0) is 11.3 Å². The molecule has 1 aromatic carbocycles. The van der Waals surface area contributed by atoms with Crippen LogP contribution in [0.25, 0.3) is 6.08 Å². The van der Waals surface area contributed by atoms with Crippen molar-refractivity contribution < 1.29 is 23.0 Å². The van der Waals surface area contributed by atoms with E-state index in [9.17, 15) is 18.4 Å². The molecule has 27 heavy (non-hydrogen) atoms. The number of ether oxygens (including phenoxy) is 2. The number of nitrogens with one attached hydrogen (secondary N) is 2. The number of para-hydroxylation sites is 1. The van der Waals surface area contributed by atoms with Gasteiger partial charge in [0.1, 0.15) is 0 Å². The molecule has 0 atom stereocenters. The smallest absolute Gasteiger partial charge is 0.387 e. The molecule has 0 saturated carbocycles. The molecule has 8 heteroatoms. The molecule has 2 aromatic rings. The molecule has 1 amide bonds. The zero-order valence-corrected chi connectivity index (χ0v) is 15.1. The summed E-state index contributed by atoms with van der Waals surface area (Å²) in [6.45, 7) is 0.568. The minimum Gasteiger partial charge on any atom is -0.493 e. The highest BCUT2D eigenvalue weighted by molar-refractivity contribution is 5.92. The van der Waals surface area contributed by atoms with Crippen molar-refractivity contribution in [2.45, 2.75) is 27.0 Å². The third kappa shape index (κ3) is 5.40. The largest absolute Gasteiger partial charge is 0.493 e. The number of H-pyrrole nitrogens is 1. The molecule has 2 N–H and O–H groups in total. The number of rotatable bonds is 7. The Hall–Kier alpha value is -3.16. The summed E-state index contributed by atoms with van der Waals surface area (Å²) >= 11 is 0. The van der Waals surface area contributed by atoms with E-state index >= 15 is 0 Å². The van der Waals surface area contributed by atoms with Crippen LogP contribution in [0, 0.1) is 13.8 Å². The van der Waals surface area contributed by atoms with Crippen molar-refractivity contribution in [3.63, 3.8) is 0 Å². The average Bonchev–Trinajstić information content (AvgIpc) is 2.59. The lowest BCUT2D eigenvalue weighted by atomic mass is 10.1. The summed E-state index contributed by atoms with van der Waals surface area (Å²) in [5.41, 5.74) is 1.94. The lowest BCUT2D eigenvalue weighted by Gasteiger charge is -2.12. The standard InChI is InChI=1S/C19H20F2N2O4/c1-11-9-12(2)23-18(25)14(11)10-22-16(24)8-7-13-5-4-6-15(26-3)17(13)27-19(20)21/h4-9,19H,10H2,1-3H3,(H,22,24)(H,23,25)/b8-7+. The number of carbonyl (C=O) groups excluding carboxylic acids is 1. The van der Waals surface area contributed by atoms with Crippen LogP contribution in [0.5, 0.6) is 11.5 Å². The molecule has 1 heterocycles. The van der Waals surface area contributed by atoms with Crippen molar-refractivity contribution in [2.24, 2.45) is 0 Å². The summed E-state index contributed by atoms with van der Waals surface area (Å²) in [5, 5.41) is 2.59. The van der Waals surface area contributed by atoms with Gasteiger partial charge in [0.25, 0.3) is 5.56 Å². The quantitative estimate of drug-likeness (QED) is 0.726. The molecular weight excluding hydrogens is 358 g/mol. The number of benzene rings is 1. The fourth-order valence-corrected chi connectivity index (χ4v) is 2.54. The minimum absolute atomic E-state index is 0.0448. The van der Waals surface area contributed by atoms with Gasteiger partial charge in [-0.1, -0.05) is 12.1 Å². The van der Waals surface area contributed by atoms with Gasteiger partial charge >= 0.3 is 6.61 Å². The summed E-state index contributed by atoms with van der Waals surface area (Å²) in [6.07, 6.45) is 2.51. The van der Waals surface area contributed by atoms with Gasteiger partial charge in [-0.05, 0) is 37.6 Å². The van der Waals surface area contributed by atoms with Crippen LogP contribution in [0.4, 0.5) is 8.78 Å². The second-order valence-electron chi connectivity index (χ2n) is 5.75. The lowest BCUT2D eigenvalue weighted by Crippen LogP contribution is -2.26. The molecule has 0 unspecified atom stereocenters. The number of carbonyl (C=O) groups is 1. The maximum absolute atomic E-state index is 12.6. The summed E-state index contributed by atoms with van der Waals surface area (Å²) in [7, 11) is 1.33. The number of pyridine rings is 1. The fourth-order valence-electron chi connectivity index (χ4n) is 2.54. The molecule has 0 fully saturated rings. The molecule has 0 radical (unpaired) electrons. The first-order chi connectivity index (χ1) is 12.8. The van der Waals surface area contributed by atoms with Crippen molar-refractivity contribution in [3.05, 3.63) is 63.1 Å². The number of aromatic nitrogens is 1. The maximum atomic E-state index is 12.6. The molecule has 0 bridgehead atoms. The van der Waals surface area contributed by atoms with E-state index in [2.05, 4.69) is 15.0 Å². The van der Waals surface area contributed by atoms with Crippen LogP contribution >= 0.6 is 0 Å². The second kappa shape index (κ2) is 8.98. The van der Waals surface area contributed by atoms with Crippen LogP contribution in [0.2, 0.25) is 0 Å². The van der Waals surface area contributed by atoms with Crippen molar-refractivity contribution in [1.29, 1.82) is 0 Å². The second-order valence-corrected chi connectivity index (χ2v) is 5.75. The van der Waals surface area contributed by atoms with Gasteiger partial charge < -0.3 is 19.8 Å². The van der Waals surface area contributed by atoms with E-state index < -0.39 is 12.5 Å². The SMILES string of the molecule is COc1cccc(/C=C/C(=O)NCc2c(C)cc(C)[nH]c2=O)c1OC(F)F. The highest BCUT2D eigenvalue weighted by Gasteiger charge is 2.14. The van der Waals surface area contributed by atoms with Crippen LogP contribution in [0.1, 0.15) is 22.4 Å². The van der Waals surface area contributed by atoms with Crippen LogP contribution in [0.3, 0.4) is 0 Å². The van der Waals surface area contributed by atoms with Crippen molar-refractivity contribution in [1.82, 2.24) is 10.3 Å². The number of hydrogen-bond donors (Lipinski definition) is 2. The van der Waals surface area contributed by atoms with E-state index in [-0.39, 0.29) is 29.2 Å². The van der Waals surface area contributed by atoms with Crippen molar-refractivity contribution >= 4 is 12.0 Å². The molecule has 6 nitrogen and oxygen atoms in total. The topological polar surface area (TPSA) is 80.4 Å². The Morgan fingerprint density at radius 2 is 2.07 bits per heavy atom. The molecule has 1 aromatic heterocycles. The molecule has 144 valence electrons. The average molecular weight is 378 g/mol. The zero-order valence-electron chi connectivity index (χ0n) is 15.1. The zero-order chi connectivity index (χ0) is 20.0. The fraction of sp³-hybridized carbons (Fsp3) is 0.263. The van der Waals surface area contributed by atoms with Crippen LogP contribution in [-0.4, -0.2) is 24.6 Å². The monoisotopic (exact) mass is 378 g/mol. The Morgan fingerprint density at radius 3 is 2.70 bits per heavy atom. The number of halogens is 2. The van der Waals surface area contributed by atoms with E-state index in [1.54, 1.807) is 19.9 Å². The Kier molecular flexibility index (Phi) is 6.70. The normalized spacial score (nSPS) is 11.0. The van der Waals surface area contributed by atoms with Gasteiger partial charge in [-0.25, -0.2) is 0 Å². The number of amides is 1. The lowest BCUT2D eigenvalue weighted by molar-refractivity contribution is -0.116. The summed E-state index contributed by atoms with van der Waals surface area (Å²) in [6, 6.07) is 6.38. The Morgan fingerprint density at radius 1 is 1.33 bits per heavy atom. The first kappa shape index (κ1) is 20.2. The number of aryl methyl sites for hydroxylation is 2. The molecule has 0 saturated heterocycles. The van der Waals surface area contributed by atoms with Crippen LogP contribution in [0.15, 0.2) is 35.1 Å². The van der Waals surface area contributed by atoms with Crippen molar-refractivity contribution in [2.75, 3.05) is 7.11 Å². The first-order valence-electron chi connectivity index (χ1n) is 8.09. The number of hydrogen-bond acceptors (Lipinski definition) is 4. The van der Waals surface area contributed by atoms with Gasteiger partial charge in [0.2, 0.25) is 5.91 Å². The predicted molar refractivity (Wildman–Crippen MR) is 97.0 cm³/mol. The molecule has 0 spiro atoms.